The summed E-state index contributed by atoms with van der Waals surface area (Å²) in [6, 6.07) is 6.34. The van der Waals surface area contributed by atoms with Gasteiger partial charge in [-0.2, -0.15) is 0 Å². The Bertz CT molecular complexity index is 1150. The van der Waals surface area contributed by atoms with Crippen molar-refractivity contribution in [3.05, 3.63) is 73.1 Å². The number of carbonyl (C=O) groups is 1. The second-order valence-electron chi connectivity index (χ2n) is 6.94. The van der Waals surface area contributed by atoms with E-state index >= 15 is 0 Å². The molecule has 0 saturated carbocycles. The van der Waals surface area contributed by atoms with Gasteiger partial charge in [-0.25, -0.2) is 4.98 Å². The topological polar surface area (TPSA) is 101 Å². The van der Waals surface area contributed by atoms with Gasteiger partial charge in [0.05, 0.1) is 10.6 Å². The van der Waals surface area contributed by atoms with Crippen LogP contribution in [0.1, 0.15) is 21.6 Å². The van der Waals surface area contributed by atoms with Crippen molar-refractivity contribution in [2.75, 3.05) is 26.2 Å². The lowest BCUT2D eigenvalue weighted by Crippen LogP contribution is -2.48. The highest BCUT2D eigenvalue weighted by Crippen LogP contribution is 2.25. The van der Waals surface area contributed by atoms with Crippen molar-refractivity contribution < 1.29 is 9.72 Å². The maximum atomic E-state index is 12.9. The maximum absolute atomic E-state index is 12.9. The highest BCUT2D eigenvalue weighted by Gasteiger charge is 2.28. The number of rotatable bonds is 4. The van der Waals surface area contributed by atoms with Gasteiger partial charge in [0.15, 0.2) is 4.96 Å². The number of carbonyl (C=O) groups excluding carboxylic acids is 1. The van der Waals surface area contributed by atoms with Crippen LogP contribution in [0, 0.1) is 17.0 Å². The Kier molecular flexibility index (Phi) is 5.12. The van der Waals surface area contributed by atoms with Crippen molar-refractivity contribution in [2.24, 2.45) is 0 Å². The summed E-state index contributed by atoms with van der Waals surface area (Å²) in [4.78, 5) is 44.8. The molecule has 1 aromatic carbocycles. The Balaban J connectivity index is 1.44. The van der Waals surface area contributed by atoms with Gasteiger partial charge in [0.25, 0.3) is 17.2 Å². The minimum Gasteiger partial charge on any atom is -0.336 e. The number of fused-ring (bicyclic) bond motifs is 1. The number of hydrogen-bond donors (Lipinski definition) is 0. The molecule has 0 atom stereocenters. The third kappa shape index (κ3) is 3.76. The van der Waals surface area contributed by atoms with E-state index < -0.39 is 4.92 Å². The SMILES string of the molecule is Cc1cccc(C(=O)N2CCN(Cc3cc(=O)n4ccsc4n3)CC2)c1[N+](=O)[O-]. The van der Waals surface area contributed by atoms with Crippen LogP contribution in [0.15, 0.2) is 40.6 Å². The standard InChI is InChI=1S/C19H19N5O4S/c1-13-3-2-4-15(17(13)24(27)28)18(26)22-7-5-21(6-8-22)12-14-11-16(25)23-9-10-29-19(23)20-14/h2-4,9-11H,5-8,12H2,1H3. The number of nitrogens with zero attached hydrogens (tertiary/aromatic N) is 5. The van der Waals surface area contributed by atoms with Crippen LogP contribution in [0.3, 0.4) is 0 Å². The van der Waals surface area contributed by atoms with Gasteiger partial charge in [-0.05, 0) is 13.0 Å². The summed E-state index contributed by atoms with van der Waals surface area (Å²) in [7, 11) is 0. The van der Waals surface area contributed by atoms with E-state index in [1.807, 2.05) is 5.38 Å². The van der Waals surface area contributed by atoms with Crippen LogP contribution in [0.4, 0.5) is 5.69 Å². The molecular weight excluding hydrogens is 394 g/mol. The van der Waals surface area contributed by atoms with Crippen LogP contribution in [0.25, 0.3) is 4.96 Å². The molecule has 0 spiro atoms. The molecule has 9 nitrogen and oxygen atoms in total. The lowest BCUT2D eigenvalue weighted by Gasteiger charge is -2.34. The minimum atomic E-state index is -0.496. The third-order valence-electron chi connectivity index (χ3n) is 5.05. The first kappa shape index (κ1) is 19.2. The lowest BCUT2D eigenvalue weighted by atomic mass is 10.1. The molecule has 1 saturated heterocycles. The fourth-order valence-corrected chi connectivity index (χ4v) is 4.29. The summed E-state index contributed by atoms with van der Waals surface area (Å²) in [5, 5.41) is 13.2. The van der Waals surface area contributed by atoms with E-state index in [1.54, 1.807) is 30.2 Å². The fraction of sp³-hybridized carbons (Fsp3) is 0.316. The molecule has 4 rings (SSSR count). The summed E-state index contributed by atoms with van der Waals surface area (Å²) < 4.78 is 1.51. The number of benzene rings is 1. The summed E-state index contributed by atoms with van der Waals surface area (Å²) in [6.07, 6.45) is 1.70. The van der Waals surface area contributed by atoms with Crippen molar-refractivity contribution in [3.63, 3.8) is 0 Å². The first-order chi connectivity index (χ1) is 13.9. The van der Waals surface area contributed by atoms with Crippen molar-refractivity contribution in [3.8, 4) is 0 Å². The number of hydrogen-bond acceptors (Lipinski definition) is 7. The molecular formula is C19H19N5O4S. The van der Waals surface area contributed by atoms with Gasteiger partial charge < -0.3 is 4.90 Å². The molecule has 0 bridgehead atoms. The minimum absolute atomic E-state index is 0.105. The van der Waals surface area contributed by atoms with Gasteiger partial charge in [0.2, 0.25) is 0 Å². The van der Waals surface area contributed by atoms with Gasteiger partial charge in [-0.15, -0.1) is 11.3 Å². The Morgan fingerprint density at radius 2 is 2.03 bits per heavy atom. The third-order valence-corrected chi connectivity index (χ3v) is 5.81. The van der Waals surface area contributed by atoms with Gasteiger partial charge in [-0.3, -0.25) is 29.0 Å². The maximum Gasteiger partial charge on any atom is 0.285 e. The van der Waals surface area contributed by atoms with Gasteiger partial charge in [0.1, 0.15) is 5.56 Å². The average Bonchev–Trinajstić information content (AvgIpc) is 3.17. The van der Waals surface area contributed by atoms with Crippen molar-refractivity contribution in [1.82, 2.24) is 19.2 Å². The molecule has 2 aromatic heterocycles. The zero-order valence-electron chi connectivity index (χ0n) is 15.8. The van der Waals surface area contributed by atoms with E-state index in [-0.39, 0.29) is 22.7 Å². The normalized spacial score (nSPS) is 15.0. The number of piperazine rings is 1. The Morgan fingerprint density at radius 1 is 1.28 bits per heavy atom. The van der Waals surface area contributed by atoms with Crippen LogP contribution in [-0.4, -0.2) is 56.2 Å². The van der Waals surface area contributed by atoms with E-state index in [4.69, 9.17) is 0 Å². The number of aromatic nitrogens is 2. The Hall–Kier alpha value is -3.11. The second-order valence-corrected chi connectivity index (χ2v) is 7.81. The van der Waals surface area contributed by atoms with Crippen molar-refractivity contribution in [1.29, 1.82) is 0 Å². The number of nitro groups is 1. The molecule has 1 fully saturated rings. The van der Waals surface area contributed by atoms with Crippen LogP contribution in [0.2, 0.25) is 0 Å². The Labute approximate surface area is 170 Å². The predicted octanol–water partition coefficient (Wildman–Crippen LogP) is 1.93. The predicted molar refractivity (Wildman–Crippen MR) is 108 cm³/mol. The van der Waals surface area contributed by atoms with Crippen LogP contribution >= 0.6 is 11.3 Å². The number of thiazole rings is 1. The van der Waals surface area contributed by atoms with E-state index in [0.717, 1.165) is 0 Å². The quantitative estimate of drug-likeness (QED) is 0.479. The summed E-state index contributed by atoms with van der Waals surface area (Å²) in [6.45, 7) is 4.30. The zero-order chi connectivity index (χ0) is 20.5. The molecule has 0 radical (unpaired) electrons. The molecule has 1 aliphatic rings. The zero-order valence-corrected chi connectivity index (χ0v) is 16.6. The lowest BCUT2D eigenvalue weighted by molar-refractivity contribution is -0.385. The number of aryl methyl sites for hydroxylation is 1. The molecule has 10 heteroatoms. The van der Waals surface area contributed by atoms with Crippen LogP contribution < -0.4 is 5.56 Å². The molecule has 150 valence electrons. The summed E-state index contributed by atoms with van der Waals surface area (Å²) in [5.74, 6) is -0.323. The monoisotopic (exact) mass is 413 g/mol. The molecule has 0 unspecified atom stereocenters. The van der Waals surface area contributed by atoms with Crippen LogP contribution in [-0.2, 0) is 6.54 Å². The van der Waals surface area contributed by atoms with Gasteiger partial charge in [0, 0.05) is 55.9 Å². The second kappa shape index (κ2) is 7.72. The number of amides is 1. The molecule has 0 N–H and O–H groups in total. The molecule has 1 amide bonds. The molecule has 3 aromatic rings. The number of nitro benzene ring substituents is 1. The molecule has 29 heavy (non-hydrogen) atoms. The van der Waals surface area contributed by atoms with E-state index in [2.05, 4.69) is 9.88 Å². The van der Waals surface area contributed by atoms with Gasteiger partial charge in [-0.1, -0.05) is 12.1 Å². The Morgan fingerprint density at radius 3 is 2.76 bits per heavy atom. The van der Waals surface area contributed by atoms with Crippen molar-refractivity contribution >= 4 is 27.9 Å². The highest BCUT2D eigenvalue weighted by atomic mass is 32.1. The first-order valence-corrected chi connectivity index (χ1v) is 10.0. The summed E-state index contributed by atoms with van der Waals surface area (Å²) >= 11 is 1.41. The molecule has 3 heterocycles. The largest absolute Gasteiger partial charge is 0.336 e. The average molecular weight is 413 g/mol. The van der Waals surface area contributed by atoms with E-state index in [1.165, 1.54) is 27.9 Å². The fourth-order valence-electron chi connectivity index (χ4n) is 3.55. The molecule has 0 aliphatic carbocycles. The highest BCUT2D eigenvalue weighted by molar-refractivity contribution is 7.15. The number of para-hydroxylation sites is 1. The summed E-state index contributed by atoms with van der Waals surface area (Å²) in [5.41, 5.74) is 1.06. The smallest absolute Gasteiger partial charge is 0.285 e. The van der Waals surface area contributed by atoms with E-state index in [9.17, 15) is 19.7 Å². The van der Waals surface area contributed by atoms with Gasteiger partial charge >= 0.3 is 0 Å². The van der Waals surface area contributed by atoms with E-state index in [0.29, 0.717) is 48.9 Å². The van der Waals surface area contributed by atoms with Crippen LogP contribution in [0.5, 0.6) is 0 Å². The first-order valence-electron chi connectivity index (χ1n) is 9.15. The van der Waals surface area contributed by atoms with Crippen molar-refractivity contribution in [2.45, 2.75) is 13.5 Å². The molecule has 1 aliphatic heterocycles.